The van der Waals surface area contributed by atoms with Gasteiger partial charge in [0, 0.05) is 47.0 Å². The van der Waals surface area contributed by atoms with Gasteiger partial charge in [0.2, 0.25) is 0 Å². The van der Waals surface area contributed by atoms with E-state index < -0.39 is 0 Å². The molecule has 5 rings (SSSR count). The van der Waals surface area contributed by atoms with Crippen LogP contribution in [-0.2, 0) is 13.0 Å². The molecule has 4 nitrogen and oxygen atoms in total. The molecule has 0 saturated carbocycles. The summed E-state index contributed by atoms with van der Waals surface area (Å²) in [6.07, 6.45) is 2.83. The van der Waals surface area contributed by atoms with Crippen molar-refractivity contribution in [2.24, 2.45) is 0 Å². The second-order valence-electron chi connectivity index (χ2n) is 6.44. The molecule has 0 bridgehead atoms. The van der Waals surface area contributed by atoms with Gasteiger partial charge in [-0.2, -0.15) is 0 Å². The van der Waals surface area contributed by atoms with E-state index in [4.69, 9.17) is 0 Å². The summed E-state index contributed by atoms with van der Waals surface area (Å²) < 4.78 is 2.39. The van der Waals surface area contributed by atoms with Gasteiger partial charge in [0.25, 0.3) is 0 Å². The van der Waals surface area contributed by atoms with Crippen molar-refractivity contribution in [3.8, 4) is 0 Å². The Morgan fingerprint density at radius 3 is 2.92 bits per heavy atom. The fourth-order valence-corrected chi connectivity index (χ4v) is 4.09. The molecular weight excluding hydrogens is 296 g/mol. The summed E-state index contributed by atoms with van der Waals surface area (Å²) in [4.78, 5) is 7.84. The number of H-pyrrole nitrogens is 1. The van der Waals surface area contributed by atoms with E-state index in [1.54, 1.807) is 0 Å². The highest BCUT2D eigenvalue weighted by atomic mass is 15.0. The molecule has 24 heavy (non-hydrogen) atoms. The minimum atomic E-state index is 0.174. The lowest BCUT2D eigenvalue weighted by molar-refractivity contribution is 0.554. The summed E-state index contributed by atoms with van der Waals surface area (Å²) >= 11 is 0. The molecule has 0 fully saturated rings. The lowest BCUT2D eigenvalue weighted by atomic mass is 9.96. The van der Waals surface area contributed by atoms with Gasteiger partial charge in [-0.25, -0.2) is 4.98 Å². The van der Waals surface area contributed by atoms with Crippen molar-refractivity contribution in [3.05, 3.63) is 65.7 Å². The van der Waals surface area contributed by atoms with E-state index in [0.29, 0.717) is 0 Å². The van der Waals surface area contributed by atoms with E-state index >= 15 is 0 Å². The van der Waals surface area contributed by atoms with Crippen molar-refractivity contribution in [2.75, 3.05) is 6.54 Å². The fraction of sp³-hybridized carbons (Fsp3) is 0.250. The maximum absolute atomic E-state index is 4.56. The molecule has 0 saturated heterocycles. The van der Waals surface area contributed by atoms with E-state index in [2.05, 4.69) is 69.2 Å². The standard InChI is InChI=1S/C20H20N4/c1-2-24-17-6-4-3-5-14(17)15-11-13(7-8-18(15)24)19-20-16(9-10-21-19)22-12-23-20/h3-8,11-12,19,21H,2,9-10H2,1H3,(H,22,23)/t19-/m0/s1. The normalized spacial score (nSPS) is 17.5. The number of aromatic amines is 1. The lowest BCUT2D eigenvalue weighted by Crippen LogP contribution is -2.30. The molecule has 1 aliphatic heterocycles. The Balaban J connectivity index is 1.74. The summed E-state index contributed by atoms with van der Waals surface area (Å²) in [6.45, 7) is 4.17. The van der Waals surface area contributed by atoms with Crippen LogP contribution in [0.5, 0.6) is 0 Å². The van der Waals surface area contributed by atoms with Crippen LogP contribution in [0, 0.1) is 0 Å². The minimum Gasteiger partial charge on any atom is -0.348 e. The van der Waals surface area contributed by atoms with Crippen LogP contribution >= 0.6 is 0 Å². The first-order chi connectivity index (χ1) is 11.9. The average molecular weight is 316 g/mol. The molecule has 4 heteroatoms. The van der Waals surface area contributed by atoms with E-state index in [-0.39, 0.29) is 6.04 Å². The van der Waals surface area contributed by atoms with Crippen molar-refractivity contribution in [2.45, 2.75) is 25.9 Å². The SMILES string of the molecule is CCn1c2ccccc2c2cc([C@@H]3NCCc4[nH]cnc43)ccc21. The molecule has 4 aromatic rings. The fourth-order valence-electron chi connectivity index (χ4n) is 4.09. The van der Waals surface area contributed by atoms with Gasteiger partial charge in [-0.15, -0.1) is 0 Å². The highest BCUT2D eigenvalue weighted by molar-refractivity contribution is 6.08. The Hall–Kier alpha value is -2.59. The molecular formula is C20H20N4. The number of aryl methyl sites for hydroxylation is 1. The highest BCUT2D eigenvalue weighted by Crippen LogP contribution is 2.33. The van der Waals surface area contributed by atoms with Crippen LogP contribution in [-0.4, -0.2) is 21.1 Å². The number of rotatable bonds is 2. The van der Waals surface area contributed by atoms with Gasteiger partial charge in [0.05, 0.1) is 18.1 Å². The third-order valence-electron chi connectivity index (χ3n) is 5.19. The molecule has 1 aliphatic rings. The van der Waals surface area contributed by atoms with Gasteiger partial charge < -0.3 is 14.9 Å². The van der Waals surface area contributed by atoms with Gasteiger partial charge in [-0.3, -0.25) is 0 Å². The average Bonchev–Trinajstić information content (AvgIpc) is 3.23. The smallest absolute Gasteiger partial charge is 0.0926 e. The first kappa shape index (κ1) is 13.8. The van der Waals surface area contributed by atoms with Crippen LogP contribution < -0.4 is 5.32 Å². The van der Waals surface area contributed by atoms with Crippen LogP contribution in [0.4, 0.5) is 0 Å². The van der Waals surface area contributed by atoms with Crippen molar-refractivity contribution in [1.82, 2.24) is 19.9 Å². The number of imidazole rings is 1. The van der Waals surface area contributed by atoms with Crippen LogP contribution in [0.1, 0.15) is 29.9 Å². The maximum atomic E-state index is 4.56. The molecule has 0 aliphatic carbocycles. The lowest BCUT2D eigenvalue weighted by Gasteiger charge is -2.23. The molecule has 1 atom stereocenters. The van der Waals surface area contributed by atoms with Crippen molar-refractivity contribution in [3.63, 3.8) is 0 Å². The van der Waals surface area contributed by atoms with Crippen LogP contribution in [0.3, 0.4) is 0 Å². The predicted molar refractivity (Wildman–Crippen MR) is 97.3 cm³/mol. The first-order valence-electron chi connectivity index (χ1n) is 8.63. The monoisotopic (exact) mass is 316 g/mol. The number of nitrogens with one attached hydrogen (secondary N) is 2. The molecule has 0 unspecified atom stereocenters. The maximum Gasteiger partial charge on any atom is 0.0926 e. The number of benzene rings is 2. The molecule has 0 spiro atoms. The summed E-state index contributed by atoms with van der Waals surface area (Å²) in [5.41, 5.74) is 6.30. The van der Waals surface area contributed by atoms with Gasteiger partial charge in [-0.1, -0.05) is 24.3 Å². The Bertz CT molecular complexity index is 1040. The van der Waals surface area contributed by atoms with Crippen molar-refractivity contribution >= 4 is 21.8 Å². The molecule has 0 amide bonds. The Morgan fingerprint density at radius 2 is 2.00 bits per heavy atom. The van der Waals surface area contributed by atoms with E-state index in [0.717, 1.165) is 25.2 Å². The molecule has 2 aromatic heterocycles. The van der Waals surface area contributed by atoms with E-state index in [1.807, 2.05) is 6.33 Å². The number of fused-ring (bicyclic) bond motifs is 4. The third-order valence-corrected chi connectivity index (χ3v) is 5.19. The summed E-state index contributed by atoms with van der Waals surface area (Å²) in [5.74, 6) is 0. The third kappa shape index (κ3) is 1.86. The zero-order chi connectivity index (χ0) is 16.1. The van der Waals surface area contributed by atoms with E-state index in [1.165, 1.54) is 33.1 Å². The Kier molecular flexibility index (Phi) is 3.00. The molecule has 2 aromatic carbocycles. The van der Waals surface area contributed by atoms with Crippen molar-refractivity contribution in [1.29, 1.82) is 0 Å². The van der Waals surface area contributed by atoms with Gasteiger partial charge in [0.15, 0.2) is 0 Å². The number of para-hydroxylation sites is 1. The van der Waals surface area contributed by atoms with Crippen LogP contribution in [0.25, 0.3) is 21.8 Å². The summed E-state index contributed by atoms with van der Waals surface area (Å²) in [7, 11) is 0. The number of nitrogens with zero attached hydrogens (tertiary/aromatic N) is 2. The largest absolute Gasteiger partial charge is 0.348 e. The number of aromatic nitrogens is 3. The van der Waals surface area contributed by atoms with Gasteiger partial charge >= 0.3 is 0 Å². The Labute approximate surface area is 140 Å². The summed E-state index contributed by atoms with van der Waals surface area (Å²) in [5, 5.41) is 6.28. The van der Waals surface area contributed by atoms with Crippen LogP contribution in [0.15, 0.2) is 48.8 Å². The summed E-state index contributed by atoms with van der Waals surface area (Å²) in [6, 6.07) is 15.7. The quantitative estimate of drug-likeness (QED) is 0.591. The molecule has 3 heterocycles. The Morgan fingerprint density at radius 1 is 1.12 bits per heavy atom. The molecule has 2 N–H and O–H groups in total. The van der Waals surface area contributed by atoms with Gasteiger partial charge in [-0.05, 0) is 30.7 Å². The zero-order valence-corrected chi connectivity index (χ0v) is 13.7. The zero-order valence-electron chi connectivity index (χ0n) is 13.7. The van der Waals surface area contributed by atoms with E-state index in [9.17, 15) is 0 Å². The van der Waals surface area contributed by atoms with Gasteiger partial charge in [0.1, 0.15) is 0 Å². The number of hydrogen-bond donors (Lipinski definition) is 2. The van der Waals surface area contributed by atoms with Crippen LogP contribution in [0.2, 0.25) is 0 Å². The first-order valence-corrected chi connectivity index (χ1v) is 8.63. The van der Waals surface area contributed by atoms with Crippen molar-refractivity contribution < 1.29 is 0 Å². The second-order valence-corrected chi connectivity index (χ2v) is 6.44. The predicted octanol–water partition coefficient (Wildman–Crippen LogP) is 3.77. The second kappa shape index (κ2) is 5.21. The topological polar surface area (TPSA) is 45.6 Å². The molecule has 0 radical (unpaired) electrons. The highest BCUT2D eigenvalue weighted by Gasteiger charge is 2.24. The number of hydrogen-bond acceptors (Lipinski definition) is 2. The minimum absolute atomic E-state index is 0.174. The molecule has 120 valence electrons.